The maximum Gasteiger partial charge on any atom is 0.265 e. The molecule has 0 radical (unpaired) electrons. The molecule has 4 fully saturated rings. The van der Waals surface area contributed by atoms with E-state index in [0.717, 1.165) is 25.8 Å². The van der Waals surface area contributed by atoms with Gasteiger partial charge in [0.25, 0.3) is 5.91 Å². The summed E-state index contributed by atoms with van der Waals surface area (Å²) in [5, 5.41) is 0. The van der Waals surface area contributed by atoms with Gasteiger partial charge in [0.1, 0.15) is 0 Å². The van der Waals surface area contributed by atoms with Crippen molar-refractivity contribution in [2.45, 2.75) is 37.0 Å². The summed E-state index contributed by atoms with van der Waals surface area (Å²) in [4.78, 5) is 15.8. The molecule has 2 saturated carbocycles. The fourth-order valence-corrected chi connectivity index (χ4v) is 5.37. The predicted octanol–water partition coefficient (Wildman–Crippen LogP) is 2.18. The van der Waals surface area contributed by atoms with Gasteiger partial charge in [0.15, 0.2) is 5.67 Å². The molecule has 2 bridgehead atoms. The Morgan fingerprint density at radius 2 is 1.91 bits per heavy atom. The number of amides is 1. The van der Waals surface area contributed by atoms with Crippen LogP contribution < -0.4 is 0 Å². The molecule has 2 heterocycles. The molecule has 126 valence electrons. The molecule has 1 amide bonds. The van der Waals surface area contributed by atoms with E-state index < -0.39 is 17.2 Å². The lowest BCUT2D eigenvalue weighted by Gasteiger charge is -2.27. The Balaban J connectivity index is 1.29. The number of carbonyl (C=O) groups is 1. The van der Waals surface area contributed by atoms with Crippen LogP contribution in [0.1, 0.15) is 25.7 Å². The van der Waals surface area contributed by atoms with Gasteiger partial charge < -0.3 is 4.90 Å². The van der Waals surface area contributed by atoms with Gasteiger partial charge in [-0.05, 0) is 49.4 Å². The highest BCUT2D eigenvalue weighted by molar-refractivity contribution is 5.90. The van der Waals surface area contributed by atoms with Crippen molar-refractivity contribution in [3.05, 3.63) is 12.2 Å². The fraction of sp³-hybridized carbons (Fsp3) is 0.833. The van der Waals surface area contributed by atoms with Gasteiger partial charge in [-0.15, -0.1) is 0 Å². The van der Waals surface area contributed by atoms with Crippen molar-refractivity contribution in [3.63, 3.8) is 0 Å². The Morgan fingerprint density at radius 3 is 2.52 bits per heavy atom. The van der Waals surface area contributed by atoms with Crippen molar-refractivity contribution in [2.24, 2.45) is 23.7 Å². The minimum Gasteiger partial charge on any atom is -0.336 e. The molecule has 5 rings (SSSR count). The smallest absolute Gasteiger partial charge is 0.265 e. The molecule has 3 aliphatic carbocycles. The van der Waals surface area contributed by atoms with Crippen molar-refractivity contribution < 1.29 is 13.6 Å². The first-order valence-electron chi connectivity index (χ1n) is 9.05. The number of hydrogen-bond acceptors (Lipinski definition) is 2. The number of alkyl halides is 2. The molecule has 2 aliphatic heterocycles. The van der Waals surface area contributed by atoms with E-state index in [2.05, 4.69) is 12.2 Å². The fourth-order valence-electron chi connectivity index (χ4n) is 5.37. The van der Waals surface area contributed by atoms with E-state index in [1.165, 1.54) is 11.3 Å². The van der Waals surface area contributed by atoms with Crippen LogP contribution in [0.3, 0.4) is 0 Å². The van der Waals surface area contributed by atoms with Crippen LogP contribution in [0.5, 0.6) is 0 Å². The summed E-state index contributed by atoms with van der Waals surface area (Å²) < 4.78 is 30.6. The van der Waals surface area contributed by atoms with Crippen LogP contribution in [0, 0.1) is 23.7 Å². The lowest BCUT2D eigenvalue weighted by Crippen LogP contribution is -2.47. The maximum atomic E-state index is 15.3. The Morgan fingerprint density at radius 1 is 1.09 bits per heavy atom. The molecule has 3 nitrogen and oxygen atoms in total. The Labute approximate surface area is 135 Å². The molecule has 5 atom stereocenters. The first-order chi connectivity index (χ1) is 11.0. The van der Waals surface area contributed by atoms with E-state index in [0.29, 0.717) is 30.2 Å². The third-order valence-electron chi connectivity index (χ3n) is 6.78. The van der Waals surface area contributed by atoms with E-state index >= 15 is 8.78 Å². The summed E-state index contributed by atoms with van der Waals surface area (Å²) >= 11 is 0. The highest BCUT2D eigenvalue weighted by atomic mass is 19.2. The van der Waals surface area contributed by atoms with Crippen molar-refractivity contribution in [1.29, 1.82) is 0 Å². The molecule has 0 aromatic rings. The van der Waals surface area contributed by atoms with E-state index in [1.807, 2.05) is 4.90 Å². The molecule has 2 saturated heterocycles. The van der Waals surface area contributed by atoms with Crippen LogP contribution in [0.2, 0.25) is 0 Å². The first kappa shape index (κ1) is 14.4. The van der Waals surface area contributed by atoms with Crippen molar-refractivity contribution in [1.82, 2.24) is 9.80 Å². The molecule has 1 unspecified atom stereocenters. The van der Waals surface area contributed by atoms with Gasteiger partial charge in [-0.3, -0.25) is 9.69 Å². The zero-order chi connectivity index (χ0) is 15.8. The molecule has 0 N–H and O–H groups in total. The van der Waals surface area contributed by atoms with Gasteiger partial charge in [-0.2, -0.15) is 0 Å². The third-order valence-corrected chi connectivity index (χ3v) is 6.78. The van der Waals surface area contributed by atoms with E-state index in [4.69, 9.17) is 0 Å². The second-order valence-corrected chi connectivity index (χ2v) is 8.61. The van der Waals surface area contributed by atoms with Crippen LogP contribution in [-0.2, 0) is 4.79 Å². The number of rotatable bonds is 4. The third kappa shape index (κ3) is 2.04. The topological polar surface area (TPSA) is 23.6 Å². The van der Waals surface area contributed by atoms with Crippen LogP contribution in [0.25, 0.3) is 0 Å². The number of hydrogen-bond donors (Lipinski definition) is 0. The average molecular weight is 322 g/mol. The van der Waals surface area contributed by atoms with Gasteiger partial charge in [-0.25, -0.2) is 8.78 Å². The van der Waals surface area contributed by atoms with Crippen LogP contribution in [-0.4, -0.2) is 59.8 Å². The molecular weight excluding hydrogens is 298 g/mol. The Hall–Kier alpha value is -0.970. The van der Waals surface area contributed by atoms with E-state index in [1.54, 1.807) is 0 Å². The molecule has 0 aromatic carbocycles. The summed E-state index contributed by atoms with van der Waals surface area (Å²) in [6, 6.07) is 0. The minimum absolute atomic E-state index is 0.0496. The second-order valence-electron chi connectivity index (χ2n) is 8.61. The normalized spacial score (nSPS) is 48.7. The number of carbonyl (C=O) groups excluding carboxylic acids is 1. The minimum atomic E-state index is -2.31. The van der Waals surface area contributed by atoms with Gasteiger partial charge in [0.05, 0.1) is 6.54 Å². The molecular formula is C18H24F2N2O. The zero-order valence-electron chi connectivity index (χ0n) is 13.4. The summed E-state index contributed by atoms with van der Waals surface area (Å²) in [6.07, 6.45) is 9.08. The van der Waals surface area contributed by atoms with Gasteiger partial charge in [0.2, 0.25) is 5.67 Å². The number of halogens is 2. The summed E-state index contributed by atoms with van der Waals surface area (Å²) in [5.41, 5.74) is -4.32. The van der Waals surface area contributed by atoms with Crippen LogP contribution in [0.4, 0.5) is 8.78 Å². The maximum absolute atomic E-state index is 15.3. The highest BCUT2D eigenvalue weighted by Gasteiger charge is 2.71. The predicted molar refractivity (Wildman–Crippen MR) is 82.3 cm³/mol. The monoisotopic (exact) mass is 322 g/mol. The van der Waals surface area contributed by atoms with Gasteiger partial charge in [-0.1, -0.05) is 12.2 Å². The Kier molecular flexibility index (Phi) is 2.85. The number of allylic oxidation sites excluding steroid dienone is 2. The highest BCUT2D eigenvalue weighted by Crippen LogP contribution is 2.49. The SMILES string of the molecule is O=C1N(CC2CC2)C[C@@]2(F)CN(CC3C[C@@H]4C=C[C@H]3C4)C[C@@]12F. The summed E-state index contributed by atoms with van der Waals surface area (Å²) in [6.45, 7) is 1.26. The van der Waals surface area contributed by atoms with E-state index in [-0.39, 0.29) is 19.6 Å². The molecule has 5 aliphatic rings. The molecule has 0 aromatic heterocycles. The molecule has 0 spiro atoms. The number of nitrogens with zero attached hydrogens (tertiary/aromatic N) is 2. The van der Waals surface area contributed by atoms with Gasteiger partial charge in [0, 0.05) is 26.2 Å². The second kappa shape index (κ2) is 4.56. The summed E-state index contributed by atoms with van der Waals surface area (Å²) in [5.74, 6) is 1.63. The van der Waals surface area contributed by atoms with Crippen LogP contribution in [0.15, 0.2) is 12.2 Å². The molecule has 5 heteroatoms. The van der Waals surface area contributed by atoms with E-state index in [9.17, 15) is 4.79 Å². The number of fused-ring (bicyclic) bond motifs is 3. The molecule has 23 heavy (non-hydrogen) atoms. The average Bonchev–Trinajstić information content (AvgIpc) is 2.90. The lowest BCUT2D eigenvalue weighted by molar-refractivity contribution is -0.139. The van der Waals surface area contributed by atoms with Crippen LogP contribution >= 0.6 is 0 Å². The lowest BCUT2D eigenvalue weighted by atomic mass is 9.93. The van der Waals surface area contributed by atoms with Crippen molar-refractivity contribution in [3.8, 4) is 0 Å². The van der Waals surface area contributed by atoms with Crippen molar-refractivity contribution >= 4 is 5.91 Å². The first-order valence-corrected chi connectivity index (χ1v) is 9.05. The number of likely N-dealkylation sites (tertiary alicyclic amines) is 2. The van der Waals surface area contributed by atoms with Gasteiger partial charge >= 0.3 is 0 Å². The standard InChI is InChI=1S/C18H24F2N2O/c19-17-9-21(8-15-6-13-3-4-14(15)5-13)11-18(17,20)16(23)22(10-17)7-12-1-2-12/h3-4,12-15H,1-2,5-11H2/t13-,14+,15?,17+,18-/m1/s1. The zero-order valence-corrected chi connectivity index (χ0v) is 13.4. The van der Waals surface area contributed by atoms with Crippen molar-refractivity contribution in [2.75, 3.05) is 32.7 Å². The Bertz CT molecular complexity index is 577. The summed E-state index contributed by atoms with van der Waals surface area (Å²) in [7, 11) is 0. The quantitative estimate of drug-likeness (QED) is 0.741. The largest absolute Gasteiger partial charge is 0.336 e.